The van der Waals surface area contributed by atoms with Gasteiger partial charge in [0.15, 0.2) is 0 Å². The number of benzene rings is 1. The third-order valence-corrected chi connectivity index (χ3v) is 2.89. The predicted octanol–water partition coefficient (Wildman–Crippen LogP) is 0.992. The molecule has 0 saturated heterocycles. The molecule has 0 fully saturated rings. The largest absolute Gasteiger partial charge is 0.325 e. The lowest BCUT2D eigenvalue weighted by Gasteiger charge is -2.07. The van der Waals surface area contributed by atoms with Gasteiger partial charge in [0.2, 0.25) is 5.91 Å². The lowest BCUT2D eigenvalue weighted by molar-refractivity contribution is -0.116. The molecule has 2 rings (SSSR count). The zero-order valence-electron chi connectivity index (χ0n) is 11.1. The van der Waals surface area contributed by atoms with E-state index in [0.717, 1.165) is 11.3 Å². The standard InChI is InChI=1S/C13H17N5O/c1-9-3-4-11(5-10(9)2)15-13(19)8-18-7-12(6-14)16-17-18/h3-5,7H,6,8,14H2,1-2H3,(H,15,19). The monoisotopic (exact) mass is 259 g/mol. The minimum atomic E-state index is -0.142. The van der Waals surface area contributed by atoms with Gasteiger partial charge in [-0.05, 0) is 37.1 Å². The van der Waals surface area contributed by atoms with E-state index in [1.165, 1.54) is 10.2 Å². The molecule has 0 unspecified atom stereocenters. The first-order valence-electron chi connectivity index (χ1n) is 6.04. The van der Waals surface area contributed by atoms with Crippen LogP contribution in [0.15, 0.2) is 24.4 Å². The number of aryl methyl sites for hydroxylation is 2. The Morgan fingerprint density at radius 3 is 2.79 bits per heavy atom. The summed E-state index contributed by atoms with van der Waals surface area (Å²) in [6.07, 6.45) is 1.67. The van der Waals surface area contributed by atoms with Gasteiger partial charge in [-0.25, -0.2) is 4.68 Å². The minimum absolute atomic E-state index is 0.125. The fourth-order valence-corrected chi connectivity index (χ4v) is 1.68. The highest BCUT2D eigenvalue weighted by Gasteiger charge is 2.06. The first kappa shape index (κ1) is 13.2. The fourth-order valence-electron chi connectivity index (χ4n) is 1.68. The maximum atomic E-state index is 11.8. The highest BCUT2D eigenvalue weighted by molar-refractivity contribution is 5.90. The first-order valence-corrected chi connectivity index (χ1v) is 6.04. The Balaban J connectivity index is 1.98. The zero-order chi connectivity index (χ0) is 13.8. The summed E-state index contributed by atoms with van der Waals surface area (Å²) < 4.78 is 1.47. The number of rotatable bonds is 4. The number of hydrogen-bond acceptors (Lipinski definition) is 4. The molecule has 2 aromatic rings. The minimum Gasteiger partial charge on any atom is -0.325 e. The molecule has 1 amide bonds. The second-order valence-corrected chi connectivity index (χ2v) is 4.46. The van der Waals surface area contributed by atoms with Crippen LogP contribution in [-0.2, 0) is 17.9 Å². The number of nitrogens with zero attached hydrogens (tertiary/aromatic N) is 3. The van der Waals surface area contributed by atoms with Crippen molar-refractivity contribution in [3.05, 3.63) is 41.2 Å². The quantitative estimate of drug-likeness (QED) is 0.857. The average molecular weight is 259 g/mol. The van der Waals surface area contributed by atoms with E-state index >= 15 is 0 Å². The molecule has 3 N–H and O–H groups in total. The van der Waals surface area contributed by atoms with Crippen molar-refractivity contribution in [1.82, 2.24) is 15.0 Å². The Labute approximate surface area is 111 Å². The Hall–Kier alpha value is -2.21. The molecule has 0 bridgehead atoms. The maximum absolute atomic E-state index is 11.8. The van der Waals surface area contributed by atoms with E-state index in [4.69, 9.17) is 5.73 Å². The second-order valence-electron chi connectivity index (χ2n) is 4.46. The normalized spacial score (nSPS) is 10.5. The topological polar surface area (TPSA) is 85.8 Å². The van der Waals surface area contributed by atoms with Crippen molar-refractivity contribution < 1.29 is 4.79 Å². The summed E-state index contributed by atoms with van der Waals surface area (Å²) >= 11 is 0. The van der Waals surface area contributed by atoms with Crippen LogP contribution in [0.2, 0.25) is 0 Å². The van der Waals surface area contributed by atoms with Crippen molar-refractivity contribution in [1.29, 1.82) is 0 Å². The summed E-state index contributed by atoms with van der Waals surface area (Å²) in [6.45, 7) is 4.49. The number of hydrogen-bond donors (Lipinski definition) is 2. The van der Waals surface area contributed by atoms with Crippen LogP contribution < -0.4 is 11.1 Å². The van der Waals surface area contributed by atoms with Gasteiger partial charge in [0.25, 0.3) is 0 Å². The van der Waals surface area contributed by atoms with Gasteiger partial charge in [-0.15, -0.1) is 5.10 Å². The fraction of sp³-hybridized carbons (Fsp3) is 0.308. The van der Waals surface area contributed by atoms with Gasteiger partial charge in [0.05, 0.1) is 11.9 Å². The molecule has 0 radical (unpaired) electrons. The molecule has 0 aliphatic carbocycles. The van der Waals surface area contributed by atoms with Gasteiger partial charge in [-0.3, -0.25) is 4.79 Å². The van der Waals surface area contributed by atoms with Crippen molar-refractivity contribution in [2.75, 3.05) is 5.32 Å². The summed E-state index contributed by atoms with van der Waals surface area (Å²) in [5.41, 5.74) is 9.22. The maximum Gasteiger partial charge on any atom is 0.246 e. The SMILES string of the molecule is Cc1ccc(NC(=O)Cn2cc(CN)nn2)cc1C. The lowest BCUT2D eigenvalue weighted by Crippen LogP contribution is -2.19. The summed E-state index contributed by atoms with van der Waals surface area (Å²) in [6, 6.07) is 5.81. The summed E-state index contributed by atoms with van der Waals surface area (Å²) in [5, 5.41) is 10.5. The molecule has 6 heteroatoms. The van der Waals surface area contributed by atoms with Crippen LogP contribution in [0.5, 0.6) is 0 Å². The molecule has 100 valence electrons. The summed E-state index contributed by atoms with van der Waals surface area (Å²) in [5.74, 6) is -0.142. The van der Waals surface area contributed by atoms with Crippen LogP contribution >= 0.6 is 0 Å². The van der Waals surface area contributed by atoms with E-state index in [1.54, 1.807) is 6.20 Å². The van der Waals surface area contributed by atoms with Gasteiger partial charge < -0.3 is 11.1 Å². The summed E-state index contributed by atoms with van der Waals surface area (Å²) in [4.78, 5) is 11.8. The number of anilines is 1. The molecule has 1 heterocycles. The number of carbonyl (C=O) groups excluding carboxylic acids is 1. The summed E-state index contributed by atoms with van der Waals surface area (Å²) in [7, 11) is 0. The van der Waals surface area contributed by atoms with Crippen LogP contribution in [0, 0.1) is 13.8 Å². The van der Waals surface area contributed by atoms with E-state index < -0.39 is 0 Å². The average Bonchev–Trinajstić information content (AvgIpc) is 2.81. The number of nitrogens with two attached hydrogens (primary N) is 1. The van der Waals surface area contributed by atoms with E-state index in [2.05, 4.69) is 15.6 Å². The number of amides is 1. The second kappa shape index (κ2) is 5.62. The number of nitrogens with one attached hydrogen (secondary N) is 1. The Morgan fingerprint density at radius 1 is 1.37 bits per heavy atom. The highest BCUT2D eigenvalue weighted by atomic mass is 16.2. The Bertz CT molecular complexity index is 590. The van der Waals surface area contributed by atoms with Crippen molar-refractivity contribution in [2.24, 2.45) is 5.73 Å². The van der Waals surface area contributed by atoms with Gasteiger partial charge in [0.1, 0.15) is 6.54 Å². The predicted molar refractivity (Wildman–Crippen MR) is 72.5 cm³/mol. The molecule has 1 aromatic heterocycles. The third-order valence-electron chi connectivity index (χ3n) is 2.89. The van der Waals surface area contributed by atoms with Gasteiger partial charge in [-0.1, -0.05) is 11.3 Å². The number of carbonyl (C=O) groups is 1. The van der Waals surface area contributed by atoms with Gasteiger partial charge >= 0.3 is 0 Å². The van der Waals surface area contributed by atoms with E-state index in [1.807, 2.05) is 32.0 Å². The highest BCUT2D eigenvalue weighted by Crippen LogP contribution is 2.14. The van der Waals surface area contributed by atoms with Crippen LogP contribution in [-0.4, -0.2) is 20.9 Å². The van der Waals surface area contributed by atoms with Crippen LogP contribution in [0.4, 0.5) is 5.69 Å². The van der Waals surface area contributed by atoms with Crippen molar-refractivity contribution in [2.45, 2.75) is 26.9 Å². The van der Waals surface area contributed by atoms with Crippen molar-refractivity contribution in [3.8, 4) is 0 Å². The van der Waals surface area contributed by atoms with E-state index in [9.17, 15) is 4.79 Å². The molecule has 6 nitrogen and oxygen atoms in total. The first-order chi connectivity index (χ1) is 9.08. The van der Waals surface area contributed by atoms with Crippen LogP contribution in [0.3, 0.4) is 0 Å². The lowest BCUT2D eigenvalue weighted by atomic mass is 10.1. The van der Waals surface area contributed by atoms with Gasteiger partial charge in [0, 0.05) is 12.2 Å². The van der Waals surface area contributed by atoms with E-state index in [-0.39, 0.29) is 12.5 Å². The molecule has 0 atom stereocenters. The number of aromatic nitrogens is 3. The smallest absolute Gasteiger partial charge is 0.246 e. The van der Waals surface area contributed by atoms with Gasteiger partial charge in [-0.2, -0.15) is 0 Å². The molecule has 1 aromatic carbocycles. The molecule has 0 aliphatic heterocycles. The van der Waals surface area contributed by atoms with Crippen LogP contribution in [0.25, 0.3) is 0 Å². The molecular weight excluding hydrogens is 242 g/mol. The third kappa shape index (κ3) is 3.38. The molecular formula is C13H17N5O. The van der Waals surface area contributed by atoms with Crippen molar-refractivity contribution in [3.63, 3.8) is 0 Å². The Kier molecular flexibility index (Phi) is 3.91. The Morgan fingerprint density at radius 2 is 2.16 bits per heavy atom. The molecule has 0 spiro atoms. The zero-order valence-corrected chi connectivity index (χ0v) is 11.1. The molecule has 19 heavy (non-hydrogen) atoms. The van der Waals surface area contributed by atoms with Crippen molar-refractivity contribution >= 4 is 11.6 Å². The van der Waals surface area contributed by atoms with E-state index in [0.29, 0.717) is 12.2 Å². The van der Waals surface area contributed by atoms with Crippen LogP contribution in [0.1, 0.15) is 16.8 Å². The molecule has 0 saturated carbocycles. The molecule has 0 aliphatic rings.